The third kappa shape index (κ3) is 4.09. The van der Waals surface area contributed by atoms with E-state index in [1.54, 1.807) is 0 Å². The maximum atomic E-state index is 6.57. The molecule has 2 N–H and O–H groups in total. The molecule has 150 valence electrons. The average molecular weight is 460 g/mol. The van der Waals surface area contributed by atoms with E-state index in [4.69, 9.17) is 22.8 Å². The fraction of sp³-hybridized carbons (Fsp3) is 0.280. The Hall–Kier alpha value is -1.09. The van der Waals surface area contributed by atoms with E-state index in [1.165, 1.54) is 44.2 Å². The van der Waals surface area contributed by atoms with Crippen molar-refractivity contribution in [3.8, 4) is 0 Å². The van der Waals surface area contributed by atoms with Gasteiger partial charge in [0.1, 0.15) is 0 Å². The summed E-state index contributed by atoms with van der Waals surface area (Å²) in [6.45, 7) is 9.02. The molecule has 0 amide bonds. The summed E-state index contributed by atoms with van der Waals surface area (Å²) in [5.74, 6) is 0.213. The van der Waals surface area contributed by atoms with E-state index in [-0.39, 0.29) is 11.3 Å². The van der Waals surface area contributed by atoms with Crippen molar-refractivity contribution in [2.45, 2.75) is 43.8 Å². The Labute approximate surface area is 185 Å². The molecule has 0 fully saturated rings. The first-order chi connectivity index (χ1) is 13.6. The number of allylic oxidation sites excluding steroid dienone is 1. The quantitative estimate of drug-likeness (QED) is 0.402. The first-order valence-electron chi connectivity index (χ1n) is 10.0. The van der Waals surface area contributed by atoms with Gasteiger partial charge < -0.3 is 0 Å². The molecular weight excluding hydrogens is 433 g/mol. The van der Waals surface area contributed by atoms with Gasteiger partial charge in [-0.3, -0.25) is 0 Å². The number of fused-ring (bicyclic) bond motifs is 2. The fourth-order valence-electron chi connectivity index (χ4n) is 4.84. The number of hydrogen-bond donors (Lipinski definition) is 1. The van der Waals surface area contributed by atoms with Crippen LogP contribution in [0, 0.1) is 0 Å². The molecule has 1 unspecified atom stereocenters. The van der Waals surface area contributed by atoms with Gasteiger partial charge in [0.2, 0.25) is 0 Å². The summed E-state index contributed by atoms with van der Waals surface area (Å²) < 4.78 is 6.91. The fourth-order valence-corrected chi connectivity index (χ4v) is 7.28. The van der Waals surface area contributed by atoms with Gasteiger partial charge >= 0.3 is 186 Å². The summed E-state index contributed by atoms with van der Waals surface area (Å²) in [7, 11) is 13.1. The van der Waals surface area contributed by atoms with E-state index in [0.29, 0.717) is 4.73 Å². The molecule has 1 aliphatic carbocycles. The molecule has 3 aromatic carbocycles. The molecule has 29 heavy (non-hydrogen) atoms. The first-order valence-corrected chi connectivity index (χ1v) is 16.4. The van der Waals surface area contributed by atoms with Crippen molar-refractivity contribution in [1.82, 2.24) is 0 Å². The standard InChI is InChI=1S/C25H25.2ClH.H2N.Ti/c1-16-14-18-10-6-8-12-20(18)23(16)22-15-19-11-7-9-13-21(19)24(17(22)2)25(3,4)5;;;;/h6-15,23H,2H2,1,3-5H3;2*1H;1H2;/q;;;-1;+3/p-2. The predicted molar refractivity (Wildman–Crippen MR) is 124 cm³/mol. The number of halogens is 2. The zero-order valence-electron chi connectivity index (χ0n) is 17.4. The van der Waals surface area contributed by atoms with Gasteiger partial charge in [0.25, 0.3) is 0 Å². The van der Waals surface area contributed by atoms with E-state index < -0.39 is 14.7 Å². The van der Waals surface area contributed by atoms with E-state index in [2.05, 4.69) is 88.4 Å². The molecule has 1 aliphatic rings. The van der Waals surface area contributed by atoms with Gasteiger partial charge in [-0.2, -0.15) is 0 Å². The molecule has 0 aromatic heterocycles. The van der Waals surface area contributed by atoms with Crippen molar-refractivity contribution in [3.05, 3.63) is 88.0 Å². The van der Waals surface area contributed by atoms with Gasteiger partial charge in [-0.05, 0) is 0 Å². The Bertz CT molecular complexity index is 1120. The van der Waals surface area contributed by atoms with Crippen LogP contribution in [0.4, 0.5) is 0 Å². The molecule has 0 spiro atoms. The maximum absolute atomic E-state index is 6.57. The van der Waals surface area contributed by atoms with Crippen molar-refractivity contribution in [2.24, 2.45) is 4.22 Å². The number of hydrogen-bond acceptors (Lipinski definition) is 1. The molecule has 0 radical (unpaired) electrons. The summed E-state index contributed by atoms with van der Waals surface area (Å²) in [5, 5.41) is 2.53. The van der Waals surface area contributed by atoms with Gasteiger partial charge in [0.05, 0.1) is 0 Å². The van der Waals surface area contributed by atoms with E-state index >= 15 is 0 Å². The van der Waals surface area contributed by atoms with Gasteiger partial charge in [0.15, 0.2) is 0 Å². The Balaban J connectivity index is 2.09. The van der Waals surface area contributed by atoms with Crippen LogP contribution in [0.15, 0.2) is 60.2 Å². The van der Waals surface area contributed by atoms with Crippen LogP contribution < -0.4 is 4.22 Å². The van der Waals surface area contributed by atoms with Crippen LogP contribution in [0.5, 0.6) is 0 Å². The van der Waals surface area contributed by atoms with E-state index in [1.807, 2.05) is 0 Å². The normalized spacial score (nSPS) is 16.8. The molecule has 0 heterocycles. The minimum absolute atomic E-state index is 0.0536. The van der Waals surface area contributed by atoms with E-state index in [0.717, 1.165) is 0 Å². The third-order valence-corrected chi connectivity index (χ3v) is 8.20. The van der Waals surface area contributed by atoms with Crippen LogP contribution in [0.3, 0.4) is 0 Å². The molecule has 1 atom stereocenters. The summed E-state index contributed by atoms with van der Waals surface area (Å²) in [5.41, 5.74) is 7.81. The average Bonchev–Trinajstić information content (AvgIpc) is 2.94. The zero-order valence-corrected chi connectivity index (χ0v) is 20.5. The molecule has 4 heteroatoms. The van der Waals surface area contributed by atoms with Crippen molar-refractivity contribution in [2.75, 3.05) is 0 Å². The van der Waals surface area contributed by atoms with Crippen LogP contribution in [-0.2, 0) is 24.9 Å². The van der Waals surface area contributed by atoms with Crippen molar-refractivity contribution in [3.63, 3.8) is 0 Å². The van der Waals surface area contributed by atoms with Crippen LogP contribution in [0.1, 0.15) is 61.4 Å². The topological polar surface area (TPSA) is 26.0 Å². The van der Waals surface area contributed by atoms with Crippen molar-refractivity contribution < 1.29 is 14.7 Å². The summed E-state index contributed by atoms with van der Waals surface area (Å²) >= 11 is -3.41. The van der Waals surface area contributed by atoms with Crippen molar-refractivity contribution in [1.29, 1.82) is 0 Å². The monoisotopic (exact) mass is 459 g/mol. The molecule has 0 saturated heterocycles. The Morgan fingerprint density at radius 1 is 0.966 bits per heavy atom. The van der Waals surface area contributed by atoms with Gasteiger partial charge in [-0.1, -0.05) is 0 Å². The van der Waals surface area contributed by atoms with Crippen molar-refractivity contribution >= 4 is 35.5 Å². The molecule has 0 saturated carbocycles. The van der Waals surface area contributed by atoms with Gasteiger partial charge in [-0.25, -0.2) is 0 Å². The number of benzene rings is 3. The van der Waals surface area contributed by atoms with Gasteiger partial charge in [-0.15, -0.1) is 0 Å². The third-order valence-electron chi connectivity index (χ3n) is 5.81. The number of nitrogens with two attached hydrogens (primary N) is 1. The Kier molecular flexibility index (Phi) is 5.51. The second kappa shape index (κ2) is 7.55. The Morgan fingerprint density at radius 3 is 2.31 bits per heavy atom. The van der Waals surface area contributed by atoms with E-state index in [9.17, 15) is 0 Å². The number of rotatable bonds is 3. The summed E-state index contributed by atoms with van der Waals surface area (Å²) in [4.78, 5) is 0. The predicted octanol–water partition coefficient (Wildman–Crippen LogP) is 7.52. The van der Waals surface area contributed by atoms with Crippen LogP contribution >= 0.6 is 18.6 Å². The summed E-state index contributed by atoms with van der Waals surface area (Å²) in [6.07, 6.45) is 2.30. The molecule has 1 nitrogen and oxygen atoms in total. The molecular formula is C25H27Cl2NTi. The second-order valence-electron chi connectivity index (χ2n) is 9.18. The van der Waals surface area contributed by atoms with Crippen LogP contribution in [0.25, 0.3) is 16.8 Å². The Morgan fingerprint density at radius 2 is 1.62 bits per heavy atom. The zero-order chi connectivity index (χ0) is 21.0. The SMILES string of the molecule is CC1=Cc2ccccc2C1c1cc2ccccc2c(C(C)(C)C)c1[CH2][Ti]([NH2])([Cl])[Cl]. The molecule has 3 aromatic rings. The van der Waals surface area contributed by atoms with Crippen LogP contribution in [0.2, 0.25) is 0 Å². The van der Waals surface area contributed by atoms with Gasteiger partial charge in [0, 0.05) is 0 Å². The minimum atomic E-state index is -3.41. The first kappa shape index (κ1) is 21.2. The second-order valence-corrected chi connectivity index (χ2v) is 18.5. The molecule has 4 rings (SSSR count). The molecule has 0 bridgehead atoms. The molecule has 0 aliphatic heterocycles. The van der Waals surface area contributed by atoms with Crippen LogP contribution in [-0.4, -0.2) is 0 Å². The summed E-state index contributed by atoms with van der Waals surface area (Å²) in [6, 6.07) is 19.6.